The number of rotatable bonds is 7. The monoisotopic (exact) mass is 489 g/mol. The van der Waals surface area contributed by atoms with Crippen LogP contribution < -0.4 is 10.9 Å². The van der Waals surface area contributed by atoms with Crippen molar-refractivity contribution in [2.75, 3.05) is 7.05 Å². The third-order valence-electron chi connectivity index (χ3n) is 6.60. The number of aryl methyl sites for hydroxylation is 4. The van der Waals surface area contributed by atoms with Crippen LogP contribution in [0.2, 0.25) is 0 Å². The first-order valence-electron chi connectivity index (χ1n) is 12.5. The van der Waals surface area contributed by atoms with Gasteiger partial charge in [0.2, 0.25) is 5.62 Å². The van der Waals surface area contributed by atoms with Crippen LogP contribution in [-0.2, 0) is 19.5 Å². The fourth-order valence-corrected chi connectivity index (χ4v) is 4.54. The van der Waals surface area contributed by atoms with Crippen molar-refractivity contribution in [3.05, 3.63) is 125 Å². The van der Waals surface area contributed by atoms with E-state index in [1.165, 1.54) is 22.3 Å². The number of nitrogens with one attached hydrogen (secondary N) is 1. The molecule has 0 unspecified atom stereocenters. The zero-order valence-electron chi connectivity index (χ0n) is 21.5. The number of benzene rings is 3. The summed E-state index contributed by atoms with van der Waals surface area (Å²) in [6.07, 6.45) is 2.48. The summed E-state index contributed by atoms with van der Waals surface area (Å²) in [5, 5.41) is 2.68. The molecule has 0 spiro atoms. The van der Waals surface area contributed by atoms with Gasteiger partial charge in [-0.2, -0.15) is 0 Å². The summed E-state index contributed by atoms with van der Waals surface area (Å²) in [6, 6.07) is 29.3. The van der Waals surface area contributed by atoms with Crippen LogP contribution in [0.25, 0.3) is 11.0 Å². The number of para-hydroxylation sites is 2. The molecule has 0 atom stereocenters. The van der Waals surface area contributed by atoms with E-state index < -0.39 is 0 Å². The van der Waals surface area contributed by atoms with E-state index in [9.17, 15) is 4.79 Å². The van der Waals surface area contributed by atoms with Crippen LogP contribution in [-0.4, -0.2) is 27.1 Å². The third-order valence-corrected chi connectivity index (χ3v) is 6.60. The zero-order chi connectivity index (χ0) is 25.8. The number of hydrogen-bond acceptors (Lipinski definition) is 3. The lowest BCUT2D eigenvalue weighted by Gasteiger charge is -2.09. The Kier molecular flexibility index (Phi) is 6.99. The fraction of sp³-hybridized carbons (Fsp3) is 0.194. The molecule has 5 aromatic rings. The van der Waals surface area contributed by atoms with Gasteiger partial charge in [0, 0.05) is 19.8 Å². The maximum atomic E-state index is 12.6. The van der Waals surface area contributed by atoms with E-state index in [1.807, 2.05) is 12.1 Å². The van der Waals surface area contributed by atoms with Crippen molar-refractivity contribution in [1.82, 2.24) is 19.4 Å². The Labute approximate surface area is 217 Å². The number of pyridine rings is 1. The average molecular weight is 490 g/mol. The second-order valence-corrected chi connectivity index (χ2v) is 9.31. The van der Waals surface area contributed by atoms with Crippen LogP contribution in [0.5, 0.6) is 0 Å². The minimum atomic E-state index is -0.258. The Hall–Kier alpha value is -4.45. The molecule has 0 bridgehead atoms. The second-order valence-electron chi connectivity index (χ2n) is 9.31. The molecule has 186 valence electrons. The van der Waals surface area contributed by atoms with Gasteiger partial charge in [-0.25, -0.2) is 9.98 Å². The fourth-order valence-electron chi connectivity index (χ4n) is 4.54. The van der Waals surface area contributed by atoms with Gasteiger partial charge in [0.05, 0.1) is 23.3 Å². The Bertz CT molecular complexity index is 1610. The largest absolute Gasteiger partial charge is 0.354 e. The van der Waals surface area contributed by atoms with Gasteiger partial charge >= 0.3 is 0 Å². The summed E-state index contributed by atoms with van der Waals surface area (Å²) in [4.78, 5) is 22.0. The molecule has 0 radical (unpaired) electrons. The lowest BCUT2D eigenvalue weighted by atomic mass is 10.1. The van der Waals surface area contributed by atoms with Crippen molar-refractivity contribution in [1.29, 1.82) is 0 Å². The molecule has 2 heterocycles. The third kappa shape index (κ3) is 5.23. The van der Waals surface area contributed by atoms with E-state index in [1.54, 1.807) is 13.2 Å². The van der Waals surface area contributed by atoms with Crippen molar-refractivity contribution in [3.63, 3.8) is 0 Å². The highest BCUT2D eigenvalue weighted by atomic mass is 16.1. The van der Waals surface area contributed by atoms with Gasteiger partial charge in [-0.3, -0.25) is 4.79 Å². The molecule has 37 heavy (non-hydrogen) atoms. The van der Waals surface area contributed by atoms with Crippen LogP contribution in [0.15, 0.2) is 96.1 Å². The molecular weight excluding hydrogens is 458 g/mol. The lowest BCUT2D eigenvalue weighted by molar-refractivity contribution is 0.0959. The molecule has 0 fully saturated rings. The molecule has 3 aromatic carbocycles. The van der Waals surface area contributed by atoms with Gasteiger partial charge in [0.25, 0.3) is 5.91 Å². The summed E-state index contributed by atoms with van der Waals surface area (Å²) in [5.41, 5.74) is 8.76. The normalized spacial score (nSPS) is 11.7. The van der Waals surface area contributed by atoms with E-state index in [4.69, 9.17) is 4.99 Å². The minimum absolute atomic E-state index is 0.258. The molecule has 6 nitrogen and oxygen atoms in total. The topological polar surface area (TPSA) is 64.2 Å². The molecular formula is C31H31N5O. The molecule has 6 heteroatoms. The van der Waals surface area contributed by atoms with Crippen LogP contribution in [0.3, 0.4) is 0 Å². The number of fused-ring (bicyclic) bond motifs is 1. The number of amides is 1. The Morgan fingerprint density at radius 2 is 1.43 bits per heavy atom. The minimum Gasteiger partial charge on any atom is -0.354 e. The van der Waals surface area contributed by atoms with Crippen LogP contribution in [0.1, 0.15) is 32.7 Å². The van der Waals surface area contributed by atoms with Gasteiger partial charge in [-0.05, 0) is 55.7 Å². The summed E-state index contributed by atoms with van der Waals surface area (Å²) >= 11 is 0. The first kappa shape index (κ1) is 24.3. The number of nitrogens with zero attached hydrogens (tertiary/aromatic N) is 4. The summed E-state index contributed by atoms with van der Waals surface area (Å²) < 4.78 is 4.49. The molecule has 0 saturated carbocycles. The van der Waals surface area contributed by atoms with Crippen molar-refractivity contribution in [2.45, 2.75) is 33.4 Å². The highest BCUT2D eigenvalue weighted by Gasteiger charge is 2.15. The van der Waals surface area contributed by atoms with E-state index in [0.717, 1.165) is 29.6 Å². The smallest absolute Gasteiger partial charge is 0.271 e. The van der Waals surface area contributed by atoms with Gasteiger partial charge < -0.3 is 14.5 Å². The number of carbonyl (C=O) groups excluding carboxylic acids is 1. The predicted octanol–water partition coefficient (Wildman–Crippen LogP) is 5.34. The predicted molar refractivity (Wildman–Crippen MR) is 148 cm³/mol. The van der Waals surface area contributed by atoms with Crippen LogP contribution in [0, 0.1) is 13.8 Å². The van der Waals surface area contributed by atoms with Crippen molar-refractivity contribution >= 4 is 22.6 Å². The Morgan fingerprint density at radius 1 is 0.811 bits per heavy atom. The summed E-state index contributed by atoms with van der Waals surface area (Å²) in [6.45, 7) is 5.61. The van der Waals surface area contributed by atoms with E-state index in [0.29, 0.717) is 17.9 Å². The Morgan fingerprint density at radius 3 is 2.08 bits per heavy atom. The second kappa shape index (κ2) is 10.7. The number of hydrogen-bond donors (Lipinski definition) is 1. The quantitative estimate of drug-likeness (QED) is 0.336. The maximum absolute atomic E-state index is 12.6. The summed E-state index contributed by atoms with van der Waals surface area (Å²) in [7, 11) is 1.61. The highest BCUT2D eigenvalue weighted by Crippen LogP contribution is 2.19. The van der Waals surface area contributed by atoms with Gasteiger partial charge in [-0.1, -0.05) is 71.8 Å². The van der Waals surface area contributed by atoms with Crippen molar-refractivity contribution in [2.24, 2.45) is 4.99 Å². The summed E-state index contributed by atoms with van der Waals surface area (Å²) in [5.74, 6) is -0.258. The number of imidazole rings is 1. The van der Waals surface area contributed by atoms with Crippen LogP contribution >= 0.6 is 0 Å². The zero-order valence-corrected chi connectivity index (χ0v) is 21.5. The molecule has 2 aromatic heterocycles. The van der Waals surface area contributed by atoms with Gasteiger partial charge in [0.1, 0.15) is 0 Å². The SMILES string of the molecule is CNC(=O)c1ncccc1N=c1n(CCc2ccc(C)cc2)c2ccccc2n1Cc1ccc(C)cc1. The number of carbonyl (C=O) groups is 1. The number of aromatic nitrogens is 3. The van der Waals surface area contributed by atoms with Crippen molar-refractivity contribution < 1.29 is 4.79 Å². The maximum Gasteiger partial charge on any atom is 0.271 e. The standard InChI is InChI=1S/C31H31N5O/c1-22-10-14-24(15-11-22)18-20-35-27-8-4-5-9-28(27)36(21-25-16-12-23(2)13-17-25)31(35)34-26-7-6-19-33-29(26)30(37)32-3/h4-17,19H,18,20-21H2,1-3H3,(H,32,37). The van der Waals surface area contributed by atoms with Crippen LogP contribution in [0.4, 0.5) is 5.69 Å². The Balaban J connectivity index is 1.71. The van der Waals surface area contributed by atoms with Gasteiger partial charge in [0.15, 0.2) is 5.69 Å². The first-order chi connectivity index (χ1) is 18.0. The van der Waals surface area contributed by atoms with Crippen molar-refractivity contribution in [3.8, 4) is 0 Å². The molecule has 0 aliphatic rings. The molecule has 1 N–H and O–H groups in total. The molecule has 0 aliphatic heterocycles. The van der Waals surface area contributed by atoms with E-state index in [2.05, 4.69) is 106 Å². The molecule has 0 aliphatic carbocycles. The lowest BCUT2D eigenvalue weighted by Crippen LogP contribution is -2.27. The van der Waals surface area contributed by atoms with E-state index >= 15 is 0 Å². The van der Waals surface area contributed by atoms with E-state index in [-0.39, 0.29) is 5.91 Å². The first-order valence-corrected chi connectivity index (χ1v) is 12.5. The average Bonchev–Trinajstić information content (AvgIpc) is 3.21. The molecule has 1 amide bonds. The molecule has 5 rings (SSSR count). The molecule has 0 saturated heterocycles. The van der Waals surface area contributed by atoms with Gasteiger partial charge in [-0.15, -0.1) is 0 Å². The highest BCUT2D eigenvalue weighted by molar-refractivity contribution is 5.96.